The van der Waals surface area contributed by atoms with Gasteiger partial charge in [0, 0.05) is 54.7 Å². The van der Waals surface area contributed by atoms with E-state index in [0.29, 0.717) is 47.8 Å². The third-order valence-electron chi connectivity index (χ3n) is 4.81. The number of ether oxygens (including phenoxy) is 1. The number of rotatable bonds is 5. The van der Waals surface area contributed by atoms with Crippen molar-refractivity contribution in [1.82, 2.24) is 15.3 Å². The number of nitrogens with one attached hydrogen (secondary N) is 2. The van der Waals surface area contributed by atoms with Crippen LogP contribution >= 0.6 is 0 Å². The first-order valence-corrected chi connectivity index (χ1v) is 9.18. The quantitative estimate of drug-likeness (QED) is 0.616. The molecule has 1 aliphatic heterocycles. The second-order valence-electron chi connectivity index (χ2n) is 6.62. The fourth-order valence-electron chi connectivity index (χ4n) is 3.35. The van der Waals surface area contributed by atoms with Crippen molar-refractivity contribution in [2.45, 2.75) is 13.0 Å². The maximum atomic E-state index is 14.4. The standard InChI is InChI=1S/C21H20FN5O2/c1-24-21(28)13-4-2-3-12(9-13)10-26-20-15-6-8-29-18(15)16(11-27-20)14-5-7-25-19(23)17(14)22/h2-5,7,9,11H,6,8,10H2,1H3,(H2,23,25)(H,24,28)(H,26,27). The first kappa shape index (κ1) is 18.7. The zero-order chi connectivity index (χ0) is 20.4. The molecule has 4 N–H and O–H groups in total. The van der Waals surface area contributed by atoms with Gasteiger partial charge in [0.15, 0.2) is 11.6 Å². The molecular weight excluding hydrogens is 373 g/mol. The molecule has 7 nitrogen and oxygen atoms in total. The van der Waals surface area contributed by atoms with Gasteiger partial charge >= 0.3 is 0 Å². The summed E-state index contributed by atoms with van der Waals surface area (Å²) >= 11 is 0. The van der Waals surface area contributed by atoms with Crippen LogP contribution in [0, 0.1) is 5.82 Å². The van der Waals surface area contributed by atoms with E-state index in [0.717, 1.165) is 11.1 Å². The molecule has 0 saturated carbocycles. The maximum absolute atomic E-state index is 14.4. The van der Waals surface area contributed by atoms with Crippen LogP contribution in [0.3, 0.4) is 0 Å². The Hall–Kier alpha value is -3.68. The summed E-state index contributed by atoms with van der Waals surface area (Å²) in [6.07, 6.45) is 3.70. The number of nitrogens with two attached hydrogens (primary N) is 1. The highest BCUT2D eigenvalue weighted by atomic mass is 19.1. The Bertz CT molecular complexity index is 1090. The average molecular weight is 393 g/mol. The molecule has 0 atom stereocenters. The molecule has 1 aliphatic rings. The van der Waals surface area contributed by atoms with Crippen molar-refractivity contribution in [2.75, 3.05) is 24.7 Å². The number of amides is 1. The number of aromatic nitrogens is 2. The second-order valence-corrected chi connectivity index (χ2v) is 6.62. The third kappa shape index (κ3) is 3.56. The summed E-state index contributed by atoms with van der Waals surface area (Å²) in [4.78, 5) is 20.1. The number of pyridine rings is 2. The largest absolute Gasteiger partial charge is 0.492 e. The Morgan fingerprint density at radius 2 is 2.14 bits per heavy atom. The van der Waals surface area contributed by atoms with Gasteiger partial charge in [-0.25, -0.2) is 14.4 Å². The lowest BCUT2D eigenvalue weighted by molar-refractivity contribution is 0.0963. The van der Waals surface area contributed by atoms with Crippen LogP contribution in [-0.4, -0.2) is 29.5 Å². The predicted octanol–water partition coefficient (Wildman–Crippen LogP) is 2.77. The number of hydrogen-bond acceptors (Lipinski definition) is 6. The van der Waals surface area contributed by atoms with Gasteiger partial charge in [-0.15, -0.1) is 0 Å². The SMILES string of the molecule is CNC(=O)c1cccc(CNc2ncc(-c3ccnc(N)c3F)c3c2CCO3)c1. The summed E-state index contributed by atoms with van der Waals surface area (Å²) in [6.45, 7) is 0.983. The number of hydrogen-bond donors (Lipinski definition) is 3. The molecule has 0 radical (unpaired) electrons. The maximum Gasteiger partial charge on any atom is 0.251 e. The fourth-order valence-corrected chi connectivity index (χ4v) is 3.35. The highest BCUT2D eigenvalue weighted by molar-refractivity contribution is 5.94. The number of fused-ring (bicyclic) bond motifs is 1. The molecule has 0 unspecified atom stereocenters. The molecule has 3 heterocycles. The number of benzene rings is 1. The number of anilines is 2. The molecule has 0 aliphatic carbocycles. The van der Waals surface area contributed by atoms with Gasteiger partial charge in [0.1, 0.15) is 11.6 Å². The Balaban J connectivity index is 1.61. The molecule has 8 heteroatoms. The number of nitrogens with zero attached hydrogens (tertiary/aromatic N) is 2. The molecule has 0 saturated heterocycles. The molecule has 0 fully saturated rings. The van der Waals surface area contributed by atoms with Gasteiger partial charge in [0.25, 0.3) is 5.91 Å². The van der Waals surface area contributed by atoms with Gasteiger partial charge in [-0.3, -0.25) is 4.79 Å². The zero-order valence-electron chi connectivity index (χ0n) is 15.8. The van der Waals surface area contributed by atoms with E-state index < -0.39 is 5.82 Å². The molecule has 148 valence electrons. The molecule has 1 aromatic carbocycles. The molecule has 3 aromatic rings. The van der Waals surface area contributed by atoms with E-state index in [4.69, 9.17) is 10.5 Å². The average Bonchev–Trinajstić information content (AvgIpc) is 3.24. The van der Waals surface area contributed by atoms with Gasteiger partial charge in [0.05, 0.1) is 6.61 Å². The number of carbonyl (C=O) groups is 1. The van der Waals surface area contributed by atoms with Crippen LogP contribution in [0.15, 0.2) is 42.7 Å². The molecule has 2 aromatic heterocycles. The summed E-state index contributed by atoms with van der Waals surface area (Å²) < 4.78 is 20.2. The van der Waals surface area contributed by atoms with Crippen molar-refractivity contribution in [1.29, 1.82) is 0 Å². The molecule has 4 rings (SSSR count). The Kier molecular flexibility index (Phi) is 4.99. The minimum Gasteiger partial charge on any atom is -0.492 e. The van der Waals surface area contributed by atoms with Crippen molar-refractivity contribution in [3.05, 3.63) is 65.2 Å². The minimum atomic E-state index is -0.585. The van der Waals surface area contributed by atoms with Crippen LogP contribution < -0.4 is 21.1 Å². The normalized spacial score (nSPS) is 12.2. The van der Waals surface area contributed by atoms with Gasteiger partial charge < -0.3 is 21.1 Å². The summed E-state index contributed by atoms with van der Waals surface area (Å²) in [5.74, 6) is 0.397. The molecule has 29 heavy (non-hydrogen) atoms. The van der Waals surface area contributed by atoms with Crippen LogP contribution in [0.4, 0.5) is 16.0 Å². The number of nitrogen functional groups attached to an aromatic ring is 1. The van der Waals surface area contributed by atoms with E-state index >= 15 is 0 Å². The van der Waals surface area contributed by atoms with E-state index in [1.165, 1.54) is 6.20 Å². The zero-order valence-corrected chi connectivity index (χ0v) is 15.8. The summed E-state index contributed by atoms with van der Waals surface area (Å²) in [6, 6.07) is 8.91. The van der Waals surface area contributed by atoms with Crippen LogP contribution in [0.5, 0.6) is 5.75 Å². The summed E-state index contributed by atoms with van der Waals surface area (Å²) in [5.41, 5.74) is 8.89. The van der Waals surface area contributed by atoms with Crippen molar-refractivity contribution < 1.29 is 13.9 Å². The van der Waals surface area contributed by atoms with Crippen molar-refractivity contribution in [3.63, 3.8) is 0 Å². The first-order chi connectivity index (χ1) is 14.1. The van der Waals surface area contributed by atoms with E-state index in [2.05, 4.69) is 20.6 Å². The van der Waals surface area contributed by atoms with Crippen molar-refractivity contribution in [3.8, 4) is 16.9 Å². The Labute approximate surface area is 167 Å². The van der Waals surface area contributed by atoms with Crippen LogP contribution in [0.1, 0.15) is 21.5 Å². The fraction of sp³-hybridized carbons (Fsp3) is 0.190. The van der Waals surface area contributed by atoms with E-state index in [1.807, 2.05) is 18.2 Å². The van der Waals surface area contributed by atoms with Gasteiger partial charge in [0.2, 0.25) is 0 Å². The van der Waals surface area contributed by atoms with Gasteiger partial charge in [-0.05, 0) is 23.8 Å². The first-order valence-electron chi connectivity index (χ1n) is 9.18. The smallest absolute Gasteiger partial charge is 0.251 e. The van der Waals surface area contributed by atoms with Crippen LogP contribution in [-0.2, 0) is 13.0 Å². The molecular formula is C21H20FN5O2. The van der Waals surface area contributed by atoms with E-state index in [-0.39, 0.29) is 11.7 Å². The minimum absolute atomic E-state index is 0.137. The van der Waals surface area contributed by atoms with E-state index in [9.17, 15) is 9.18 Å². The second kappa shape index (κ2) is 7.75. The lowest BCUT2D eigenvalue weighted by Gasteiger charge is -2.14. The molecule has 1 amide bonds. The van der Waals surface area contributed by atoms with Crippen LogP contribution in [0.2, 0.25) is 0 Å². The highest BCUT2D eigenvalue weighted by Gasteiger charge is 2.24. The predicted molar refractivity (Wildman–Crippen MR) is 108 cm³/mol. The molecule has 0 bridgehead atoms. The topological polar surface area (TPSA) is 102 Å². The summed E-state index contributed by atoms with van der Waals surface area (Å²) in [7, 11) is 1.60. The number of carbonyl (C=O) groups excluding carboxylic acids is 1. The lowest BCUT2D eigenvalue weighted by Crippen LogP contribution is -2.18. The van der Waals surface area contributed by atoms with Crippen molar-refractivity contribution in [2.24, 2.45) is 0 Å². The van der Waals surface area contributed by atoms with Crippen LogP contribution in [0.25, 0.3) is 11.1 Å². The third-order valence-corrected chi connectivity index (χ3v) is 4.81. The Morgan fingerprint density at radius 1 is 1.28 bits per heavy atom. The summed E-state index contributed by atoms with van der Waals surface area (Å²) in [5, 5.41) is 5.91. The highest BCUT2D eigenvalue weighted by Crippen LogP contribution is 2.40. The number of halogens is 1. The molecule has 0 spiro atoms. The van der Waals surface area contributed by atoms with Gasteiger partial charge in [-0.2, -0.15) is 0 Å². The van der Waals surface area contributed by atoms with Crippen molar-refractivity contribution >= 4 is 17.5 Å². The van der Waals surface area contributed by atoms with E-state index in [1.54, 1.807) is 25.4 Å². The Morgan fingerprint density at radius 3 is 2.97 bits per heavy atom. The van der Waals surface area contributed by atoms with Gasteiger partial charge in [-0.1, -0.05) is 12.1 Å². The monoisotopic (exact) mass is 393 g/mol. The lowest BCUT2D eigenvalue weighted by atomic mass is 10.0.